The molecule has 0 heterocycles. The third kappa shape index (κ3) is 3.60. The van der Waals surface area contributed by atoms with Crippen LogP contribution in [0, 0.1) is 0 Å². The summed E-state index contributed by atoms with van der Waals surface area (Å²) in [5, 5.41) is -0.102. The monoisotopic (exact) mass is 250 g/mol. The minimum Gasteiger partial charge on any atom is -0.282 e. The molecule has 1 rings (SSSR count). The maximum absolute atomic E-state index is 11.6. The SMILES string of the molecule is CCCCc1cc(CC)cc(C(=O)S)c1CC. The molecule has 0 aromatic heterocycles. The highest BCUT2D eigenvalue weighted by Gasteiger charge is 2.12. The first-order valence-electron chi connectivity index (χ1n) is 6.51. The summed E-state index contributed by atoms with van der Waals surface area (Å²) in [7, 11) is 0. The number of aryl methyl sites for hydroxylation is 2. The lowest BCUT2D eigenvalue weighted by Crippen LogP contribution is -2.04. The lowest BCUT2D eigenvalue weighted by atomic mass is 9.92. The van der Waals surface area contributed by atoms with Gasteiger partial charge in [-0.1, -0.05) is 33.3 Å². The van der Waals surface area contributed by atoms with Crippen LogP contribution in [-0.4, -0.2) is 5.12 Å². The Morgan fingerprint density at radius 2 is 1.88 bits per heavy atom. The van der Waals surface area contributed by atoms with Gasteiger partial charge in [0.15, 0.2) is 0 Å². The van der Waals surface area contributed by atoms with Crippen molar-refractivity contribution in [2.45, 2.75) is 52.9 Å². The molecule has 0 saturated heterocycles. The fourth-order valence-corrected chi connectivity index (χ4v) is 2.40. The van der Waals surface area contributed by atoms with E-state index in [2.05, 4.69) is 39.5 Å². The molecule has 0 fully saturated rings. The molecule has 1 nitrogen and oxygen atoms in total. The highest BCUT2D eigenvalue weighted by atomic mass is 32.1. The molecule has 2 heteroatoms. The van der Waals surface area contributed by atoms with Gasteiger partial charge in [0, 0.05) is 5.56 Å². The van der Waals surface area contributed by atoms with Crippen molar-refractivity contribution in [3.8, 4) is 0 Å². The van der Waals surface area contributed by atoms with Gasteiger partial charge in [0.25, 0.3) is 0 Å². The first kappa shape index (κ1) is 14.3. The first-order chi connectivity index (χ1) is 8.13. The predicted octanol–water partition coefficient (Wildman–Crippen LogP) is 4.22. The standard InChI is InChI=1S/C15H22OS/c1-4-7-8-12-9-11(5-2)10-14(15(16)17)13(12)6-3/h9-10H,4-8H2,1-3H3,(H,16,17). The van der Waals surface area contributed by atoms with Crippen LogP contribution in [0.15, 0.2) is 12.1 Å². The van der Waals surface area contributed by atoms with E-state index in [1.54, 1.807) is 0 Å². The third-order valence-electron chi connectivity index (χ3n) is 3.19. The quantitative estimate of drug-likeness (QED) is 0.748. The van der Waals surface area contributed by atoms with Gasteiger partial charge in [-0.15, -0.1) is 12.6 Å². The van der Waals surface area contributed by atoms with E-state index in [-0.39, 0.29) is 5.12 Å². The number of hydrogen-bond donors (Lipinski definition) is 1. The van der Waals surface area contributed by atoms with Gasteiger partial charge in [-0.3, -0.25) is 4.79 Å². The van der Waals surface area contributed by atoms with Crippen LogP contribution in [0.25, 0.3) is 0 Å². The number of carbonyl (C=O) groups is 1. The van der Waals surface area contributed by atoms with E-state index < -0.39 is 0 Å². The first-order valence-corrected chi connectivity index (χ1v) is 6.96. The number of hydrogen-bond acceptors (Lipinski definition) is 1. The van der Waals surface area contributed by atoms with Crippen molar-refractivity contribution in [1.29, 1.82) is 0 Å². The third-order valence-corrected chi connectivity index (χ3v) is 3.43. The Morgan fingerprint density at radius 1 is 1.18 bits per heavy atom. The Kier molecular flexibility index (Phi) is 5.76. The molecule has 1 aromatic carbocycles. The molecule has 0 spiro atoms. The second-order valence-corrected chi connectivity index (χ2v) is 4.80. The maximum Gasteiger partial charge on any atom is 0.216 e. The van der Waals surface area contributed by atoms with Gasteiger partial charge < -0.3 is 0 Å². The summed E-state index contributed by atoms with van der Waals surface area (Å²) in [5.41, 5.74) is 4.58. The van der Waals surface area contributed by atoms with Crippen LogP contribution in [0.5, 0.6) is 0 Å². The Labute approximate surface area is 110 Å². The number of thiol groups is 1. The highest BCUT2D eigenvalue weighted by Crippen LogP contribution is 2.22. The molecule has 0 radical (unpaired) electrons. The predicted molar refractivity (Wildman–Crippen MR) is 77.1 cm³/mol. The van der Waals surface area contributed by atoms with Crippen molar-refractivity contribution >= 4 is 17.7 Å². The number of benzene rings is 1. The molecule has 0 saturated carbocycles. The smallest absolute Gasteiger partial charge is 0.216 e. The average Bonchev–Trinajstić information content (AvgIpc) is 2.34. The van der Waals surface area contributed by atoms with E-state index in [0.717, 1.165) is 24.8 Å². The Hall–Kier alpha value is -0.760. The molecular weight excluding hydrogens is 228 g/mol. The van der Waals surface area contributed by atoms with E-state index >= 15 is 0 Å². The van der Waals surface area contributed by atoms with Crippen LogP contribution in [-0.2, 0) is 19.3 Å². The molecule has 1 aromatic rings. The summed E-state index contributed by atoms with van der Waals surface area (Å²) in [4.78, 5) is 11.6. The summed E-state index contributed by atoms with van der Waals surface area (Å²) in [6, 6.07) is 4.26. The van der Waals surface area contributed by atoms with Gasteiger partial charge >= 0.3 is 0 Å². The van der Waals surface area contributed by atoms with Crippen molar-refractivity contribution in [2.75, 3.05) is 0 Å². The summed E-state index contributed by atoms with van der Waals surface area (Å²) in [6.07, 6.45) is 5.31. The van der Waals surface area contributed by atoms with Gasteiger partial charge in [0.2, 0.25) is 5.12 Å². The van der Waals surface area contributed by atoms with E-state index in [4.69, 9.17) is 0 Å². The summed E-state index contributed by atoms with van der Waals surface area (Å²) < 4.78 is 0. The lowest BCUT2D eigenvalue weighted by Gasteiger charge is -2.14. The zero-order chi connectivity index (χ0) is 12.8. The zero-order valence-corrected chi connectivity index (χ0v) is 11.9. The Balaban J connectivity index is 3.23. The molecule has 17 heavy (non-hydrogen) atoms. The summed E-state index contributed by atoms with van der Waals surface area (Å²) in [5.74, 6) is 0. The minimum absolute atomic E-state index is 0.102. The largest absolute Gasteiger partial charge is 0.282 e. The van der Waals surface area contributed by atoms with Crippen molar-refractivity contribution in [3.05, 3.63) is 34.4 Å². The summed E-state index contributed by atoms with van der Waals surface area (Å²) >= 11 is 4.00. The van der Waals surface area contributed by atoms with Gasteiger partial charge in [0.1, 0.15) is 0 Å². The van der Waals surface area contributed by atoms with Crippen molar-refractivity contribution in [3.63, 3.8) is 0 Å². The summed E-state index contributed by atoms with van der Waals surface area (Å²) in [6.45, 7) is 6.42. The Bertz CT molecular complexity index is 396. The molecule has 0 aliphatic rings. The van der Waals surface area contributed by atoms with Crippen molar-refractivity contribution < 1.29 is 4.79 Å². The van der Waals surface area contributed by atoms with Gasteiger partial charge in [-0.25, -0.2) is 0 Å². The van der Waals surface area contributed by atoms with Gasteiger partial charge in [-0.05, 0) is 48.4 Å². The maximum atomic E-state index is 11.6. The average molecular weight is 250 g/mol. The van der Waals surface area contributed by atoms with Crippen LogP contribution in [0.4, 0.5) is 0 Å². The minimum atomic E-state index is -0.102. The number of unbranched alkanes of at least 4 members (excludes halogenated alkanes) is 1. The second-order valence-electron chi connectivity index (χ2n) is 4.40. The molecule has 94 valence electrons. The zero-order valence-electron chi connectivity index (χ0n) is 11.0. The second kappa shape index (κ2) is 6.85. The van der Waals surface area contributed by atoms with Gasteiger partial charge in [0.05, 0.1) is 0 Å². The molecule has 0 aliphatic heterocycles. The highest BCUT2D eigenvalue weighted by molar-refractivity contribution is 7.97. The molecule has 0 atom stereocenters. The van der Waals surface area contributed by atoms with Crippen molar-refractivity contribution in [1.82, 2.24) is 0 Å². The number of carbonyl (C=O) groups excluding carboxylic acids is 1. The van der Waals surface area contributed by atoms with Gasteiger partial charge in [-0.2, -0.15) is 0 Å². The topological polar surface area (TPSA) is 17.1 Å². The van der Waals surface area contributed by atoms with E-state index in [1.807, 2.05) is 6.07 Å². The van der Waals surface area contributed by atoms with E-state index in [9.17, 15) is 4.79 Å². The fraction of sp³-hybridized carbons (Fsp3) is 0.533. The lowest BCUT2D eigenvalue weighted by molar-refractivity contribution is 0.109. The van der Waals surface area contributed by atoms with E-state index in [1.165, 1.54) is 29.5 Å². The van der Waals surface area contributed by atoms with Crippen LogP contribution in [0.3, 0.4) is 0 Å². The van der Waals surface area contributed by atoms with Crippen LogP contribution >= 0.6 is 12.6 Å². The molecule has 0 amide bonds. The van der Waals surface area contributed by atoms with Crippen LogP contribution in [0.2, 0.25) is 0 Å². The molecular formula is C15H22OS. The number of rotatable bonds is 6. The normalized spacial score (nSPS) is 10.6. The van der Waals surface area contributed by atoms with Crippen LogP contribution < -0.4 is 0 Å². The van der Waals surface area contributed by atoms with Crippen molar-refractivity contribution in [2.24, 2.45) is 0 Å². The molecule has 0 unspecified atom stereocenters. The molecule has 0 aliphatic carbocycles. The Morgan fingerprint density at radius 3 is 2.35 bits per heavy atom. The molecule has 0 bridgehead atoms. The fourth-order valence-electron chi connectivity index (χ4n) is 2.20. The van der Waals surface area contributed by atoms with E-state index in [0.29, 0.717) is 0 Å². The van der Waals surface area contributed by atoms with Crippen LogP contribution in [0.1, 0.15) is 60.7 Å². The molecule has 0 N–H and O–H groups in total.